The molecule has 0 aliphatic carbocycles. The second-order valence-corrected chi connectivity index (χ2v) is 4.47. The van der Waals surface area contributed by atoms with Crippen LogP contribution in [0.25, 0.3) is 0 Å². The van der Waals surface area contributed by atoms with Gasteiger partial charge in [-0.25, -0.2) is 4.68 Å². The summed E-state index contributed by atoms with van der Waals surface area (Å²) < 4.78 is 45.8. The van der Waals surface area contributed by atoms with Gasteiger partial charge in [-0.15, -0.1) is 0 Å². The van der Waals surface area contributed by atoms with Gasteiger partial charge in [0.1, 0.15) is 11.6 Å². The minimum absolute atomic E-state index is 0.00433. The Morgan fingerprint density at radius 1 is 1.33 bits per heavy atom. The summed E-state index contributed by atoms with van der Waals surface area (Å²) in [6, 6.07) is 4.86. The van der Waals surface area contributed by atoms with Gasteiger partial charge >= 0.3 is 6.18 Å². The van der Waals surface area contributed by atoms with E-state index in [9.17, 15) is 13.2 Å². The van der Waals surface area contributed by atoms with Crippen molar-refractivity contribution in [2.45, 2.75) is 13.1 Å². The molecule has 0 saturated carbocycles. The Labute approximate surface area is 118 Å². The van der Waals surface area contributed by atoms with Crippen molar-refractivity contribution in [3.05, 3.63) is 41.1 Å². The van der Waals surface area contributed by atoms with Gasteiger partial charge < -0.3 is 10.5 Å². The number of nitrogens with zero attached hydrogens (tertiary/aromatic N) is 2. The van der Waals surface area contributed by atoms with Crippen LogP contribution in [0.1, 0.15) is 16.8 Å². The summed E-state index contributed by atoms with van der Waals surface area (Å²) in [5.74, 6) is -0.336. The molecule has 2 rings (SSSR count). The van der Waals surface area contributed by atoms with Crippen LogP contribution in [0.15, 0.2) is 24.3 Å². The van der Waals surface area contributed by atoms with E-state index in [2.05, 4.69) is 5.10 Å². The highest BCUT2D eigenvalue weighted by Gasteiger charge is 2.34. The molecule has 0 saturated heterocycles. The largest absolute Gasteiger partial charge is 0.439 e. The van der Waals surface area contributed by atoms with Crippen molar-refractivity contribution in [1.29, 1.82) is 5.41 Å². The zero-order valence-electron chi connectivity index (χ0n) is 11.3. The Balaban J connectivity index is 2.43. The molecule has 1 aromatic heterocycles. The van der Waals surface area contributed by atoms with Crippen molar-refractivity contribution in [3.8, 4) is 11.6 Å². The highest BCUT2D eigenvalue weighted by molar-refractivity contribution is 5.96. The van der Waals surface area contributed by atoms with E-state index in [1.165, 1.54) is 10.7 Å². The topological polar surface area (TPSA) is 76.9 Å². The molecule has 0 unspecified atom stereocenters. The average molecular weight is 298 g/mol. The number of nitrogens with two attached hydrogens (primary N) is 1. The zero-order valence-corrected chi connectivity index (χ0v) is 11.3. The summed E-state index contributed by atoms with van der Waals surface area (Å²) in [5.41, 5.74) is 4.47. The third-order valence-corrected chi connectivity index (χ3v) is 2.77. The van der Waals surface area contributed by atoms with Crippen molar-refractivity contribution < 1.29 is 17.9 Å². The minimum atomic E-state index is -4.62. The molecule has 0 spiro atoms. The maximum Gasteiger partial charge on any atom is 0.417 e. The van der Waals surface area contributed by atoms with E-state index in [0.29, 0.717) is 11.6 Å². The number of aromatic nitrogens is 2. The Morgan fingerprint density at radius 2 is 2.00 bits per heavy atom. The van der Waals surface area contributed by atoms with Crippen LogP contribution >= 0.6 is 0 Å². The van der Waals surface area contributed by atoms with Crippen molar-refractivity contribution >= 4 is 5.84 Å². The molecule has 8 heteroatoms. The van der Waals surface area contributed by atoms with Crippen molar-refractivity contribution in [1.82, 2.24) is 9.78 Å². The van der Waals surface area contributed by atoms with Crippen LogP contribution in [0.5, 0.6) is 11.6 Å². The Bertz CT molecular complexity index is 691. The third kappa shape index (κ3) is 3.15. The van der Waals surface area contributed by atoms with E-state index in [1.54, 1.807) is 20.0 Å². The number of aryl methyl sites for hydroxylation is 2. The predicted octanol–water partition coefficient (Wildman–Crippen LogP) is 2.82. The highest BCUT2D eigenvalue weighted by Crippen LogP contribution is 2.35. The molecule has 0 aliphatic heterocycles. The number of alkyl halides is 3. The van der Waals surface area contributed by atoms with E-state index in [1.807, 2.05) is 0 Å². The van der Waals surface area contributed by atoms with E-state index in [0.717, 1.165) is 12.1 Å². The standard InChI is InChI=1S/C13H13F3N4O/c1-7-5-11(20(2)19-7)21-8-3-4-9(12(17)18)10(6-8)13(14,15)16/h3-6H,1-2H3,(H3,17,18). The molecule has 0 fully saturated rings. The molecule has 21 heavy (non-hydrogen) atoms. The molecule has 5 nitrogen and oxygen atoms in total. The minimum Gasteiger partial charge on any atom is -0.439 e. The fourth-order valence-electron chi connectivity index (χ4n) is 1.86. The van der Waals surface area contributed by atoms with Crippen LogP contribution in [-0.2, 0) is 13.2 Å². The molecule has 3 N–H and O–H groups in total. The molecule has 0 radical (unpaired) electrons. The van der Waals surface area contributed by atoms with Crippen molar-refractivity contribution in [3.63, 3.8) is 0 Å². The Morgan fingerprint density at radius 3 is 2.48 bits per heavy atom. The van der Waals surface area contributed by atoms with Crippen LogP contribution in [0.2, 0.25) is 0 Å². The molecular formula is C13H13F3N4O. The molecule has 0 aliphatic rings. The summed E-state index contributed by atoms with van der Waals surface area (Å²) in [6.07, 6.45) is -4.62. The van der Waals surface area contributed by atoms with Gasteiger partial charge in [0.15, 0.2) is 0 Å². The van der Waals surface area contributed by atoms with Gasteiger partial charge in [-0.3, -0.25) is 5.41 Å². The average Bonchev–Trinajstić information content (AvgIpc) is 2.66. The van der Waals surface area contributed by atoms with Gasteiger partial charge in [0.25, 0.3) is 0 Å². The lowest BCUT2D eigenvalue weighted by molar-refractivity contribution is -0.137. The van der Waals surface area contributed by atoms with Crippen LogP contribution in [0.3, 0.4) is 0 Å². The smallest absolute Gasteiger partial charge is 0.417 e. The lowest BCUT2D eigenvalue weighted by Crippen LogP contribution is -2.18. The van der Waals surface area contributed by atoms with E-state index in [4.69, 9.17) is 15.9 Å². The molecule has 0 atom stereocenters. The zero-order chi connectivity index (χ0) is 15.8. The van der Waals surface area contributed by atoms with Gasteiger partial charge in [-0.2, -0.15) is 18.3 Å². The monoisotopic (exact) mass is 298 g/mol. The number of nitrogens with one attached hydrogen (secondary N) is 1. The lowest BCUT2D eigenvalue weighted by Gasteiger charge is -2.14. The first-order chi connectivity index (χ1) is 9.68. The summed E-state index contributed by atoms with van der Waals surface area (Å²) in [7, 11) is 1.62. The number of hydrogen-bond donors (Lipinski definition) is 2. The normalized spacial score (nSPS) is 11.5. The van der Waals surface area contributed by atoms with Crippen LogP contribution < -0.4 is 10.5 Å². The predicted molar refractivity (Wildman–Crippen MR) is 70.5 cm³/mol. The SMILES string of the molecule is Cc1cc(Oc2ccc(C(=N)N)c(C(F)(F)F)c2)n(C)n1. The first kappa shape index (κ1) is 14.9. The number of nitrogen functional groups attached to an aromatic ring is 1. The third-order valence-electron chi connectivity index (χ3n) is 2.77. The summed E-state index contributed by atoms with van der Waals surface area (Å²) >= 11 is 0. The maximum absolute atomic E-state index is 13.0. The van der Waals surface area contributed by atoms with E-state index in [-0.39, 0.29) is 11.3 Å². The molecule has 0 bridgehead atoms. The molecular weight excluding hydrogens is 285 g/mol. The van der Waals surface area contributed by atoms with Gasteiger partial charge in [0.05, 0.1) is 11.3 Å². The highest BCUT2D eigenvalue weighted by atomic mass is 19.4. The fraction of sp³-hybridized carbons (Fsp3) is 0.231. The van der Waals surface area contributed by atoms with Crippen molar-refractivity contribution in [2.24, 2.45) is 12.8 Å². The lowest BCUT2D eigenvalue weighted by atomic mass is 10.1. The molecule has 0 amide bonds. The van der Waals surface area contributed by atoms with Crippen LogP contribution in [0, 0.1) is 12.3 Å². The van der Waals surface area contributed by atoms with Gasteiger partial charge in [0, 0.05) is 18.7 Å². The number of hydrogen-bond acceptors (Lipinski definition) is 3. The second-order valence-electron chi connectivity index (χ2n) is 4.47. The number of rotatable bonds is 3. The van der Waals surface area contributed by atoms with Crippen molar-refractivity contribution in [2.75, 3.05) is 0 Å². The number of ether oxygens (including phenoxy) is 1. The van der Waals surface area contributed by atoms with Gasteiger partial charge in [-0.05, 0) is 25.1 Å². The number of amidine groups is 1. The first-order valence-electron chi connectivity index (χ1n) is 5.92. The summed E-state index contributed by atoms with van der Waals surface area (Å²) in [5, 5.41) is 11.2. The summed E-state index contributed by atoms with van der Waals surface area (Å²) in [6.45, 7) is 1.74. The van der Waals surface area contributed by atoms with Crippen LogP contribution in [-0.4, -0.2) is 15.6 Å². The summed E-state index contributed by atoms with van der Waals surface area (Å²) in [4.78, 5) is 0. The molecule has 112 valence electrons. The Hall–Kier alpha value is -2.51. The van der Waals surface area contributed by atoms with Gasteiger partial charge in [0.2, 0.25) is 5.88 Å². The first-order valence-corrected chi connectivity index (χ1v) is 5.92. The molecule has 2 aromatic rings. The Kier molecular flexibility index (Phi) is 3.63. The second kappa shape index (κ2) is 5.12. The quantitative estimate of drug-likeness (QED) is 0.675. The van der Waals surface area contributed by atoms with Crippen LogP contribution in [0.4, 0.5) is 13.2 Å². The number of benzene rings is 1. The van der Waals surface area contributed by atoms with E-state index < -0.39 is 17.6 Å². The maximum atomic E-state index is 13.0. The number of halogens is 3. The molecule has 1 aromatic carbocycles. The fourth-order valence-corrected chi connectivity index (χ4v) is 1.86. The van der Waals surface area contributed by atoms with E-state index >= 15 is 0 Å². The molecule has 1 heterocycles. The van der Waals surface area contributed by atoms with Gasteiger partial charge in [-0.1, -0.05) is 0 Å².